The van der Waals surface area contributed by atoms with E-state index < -0.39 is 0 Å². The van der Waals surface area contributed by atoms with Gasteiger partial charge in [-0.2, -0.15) is 0 Å². The third-order valence-electron chi connectivity index (χ3n) is 5.28. The summed E-state index contributed by atoms with van der Waals surface area (Å²) in [5.74, 6) is 2.18. The minimum absolute atomic E-state index is 0. The first-order valence-electron chi connectivity index (χ1n) is 9.85. The molecule has 7 nitrogen and oxygen atoms in total. The number of nitrogens with zero attached hydrogens (tertiary/aromatic N) is 1. The number of halogens is 2. The number of likely N-dealkylation sites (tertiary alicyclic amines) is 1. The SMILES string of the molecule is COc1cc(Oc2cc(C(=O)N3CCCCC3CN)ccc2OC)ccc1CN.Cl.Cl. The highest BCUT2D eigenvalue weighted by atomic mass is 35.5. The Bertz CT molecular complexity index is 867. The Balaban J connectivity index is 0.00000240. The normalized spacial score (nSPS) is 15.4. The Morgan fingerprint density at radius 2 is 1.74 bits per heavy atom. The van der Waals surface area contributed by atoms with Crippen molar-refractivity contribution in [3.63, 3.8) is 0 Å². The van der Waals surface area contributed by atoms with Gasteiger partial charge in [0, 0.05) is 42.9 Å². The molecule has 1 fully saturated rings. The van der Waals surface area contributed by atoms with Crippen LogP contribution < -0.4 is 25.7 Å². The fraction of sp³-hybridized carbons (Fsp3) is 0.409. The summed E-state index contributed by atoms with van der Waals surface area (Å²) >= 11 is 0. The molecule has 3 rings (SSSR count). The van der Waals surface area contributed by atoms with E-state index in [-0.39, 0.29) is 36.8 Å². The first-order valence-corrected chi connectivity index (χ1v) is 9.85. The molecule has 0 aliphatic carbocycles. The third kappa shape index (κ3) is 6.17. The summed E-state index contributed by atoms with van der Waals surface area (Å²) in [4.78, 5) is 15.0. The van der Waals surface area contributed by atoms with Gasteiger partial charge in [-0.05, 0) is 43.5 Å². The molecule has 0 saturated carbocycles. The van der Waals surface area contributed by atoms with Crippen LogP contribution in [0.4, 0.5) is 0 Å². The average molecular weight is 472 g/mol. The molecule has 1 heterocycles. The second-order valence-corrected chi connectivity index (χ2v) is 7.03. The van der Waals surface area contributed by atoms with E-state index >= 15 is 0 Å². The summed E-state index contributed by atoms with van der Waals surface area (Å²) in [6.45, 7) is 1.56. The van der Waals surface area contributed by atoms with E-state index in [1.807, 2.05) is 17.0 Å². The molecule has 1 aliphatic heterocycles. The van der Waals surface area contributed by atoms with E-state index in [0.29, 0.717) is 41.7 Å². The lowest BCUT2D eigenvalue weighted by Crippen LogP contribution is -2.47. The van der Waals surface area contributed by atoms with Gasteiger partial charge >= 0.3 is 0 Å². The summed E-state index contributed by atoms with van der Waals surface area (Å²) in [7, 11) is 3.15. The molecular formula is C22H31Cl2N3O4. The Morgan fingerprint density at radius 3 is 2.39 bits per heavy atom. The van der Waals surface area contributed by atoms with Gasteiger partial charge in [0.25, 0.3) is 5.91 Å². The molecule has 0 radical (unpaired) electrons. The Kier molecular flexibility index (Phi) is 10.9. The summed E-state index contributed by atoms with van der Waals surface area (Å²) < 4.78 is 16.8. The Morgan fingerprint density at radius 1 is 1.00 bits per heavy atom. The molecule has 1 aliphatic rings. The number of carbonyl (C=O) groups excluding carboxylic acids is 1. The maximum absolute atomic E-state index is 13.1. The highest BCUT2D eigenvalue weighted by molar-refractivity contribution is 5.95. The van der Waals surface area contributed by atoms with Crippen molar-refractivity contribution in [3.8, 4) is 23.0 Å². The lowest BCUT2D eigenvalue weighted by molar-refractivity contribution is 0.0623. The summed E-state index contributed by atoms with van der Waals surface area (Å²) in [5.41, 5.74) is 13.0. The molecule has 0 spiro atoms. The van der Waals surface area contributed by atoms with Gasteiger partial charge in [-0.25, -0.2) is 0 Å². The van der Waals surface area contributed by atoms with Crippen molar-refractivity contribution in [2.45, 2.75) is 31.8 Å². The van der Waals surface area contributed by atoms with Crippen molar-refractivity contribution in [1.29, 1.82) is 0 Å². The highest BCUT2D eigenvalue weighted by Gasteiger charge is 2.27. The van der Waals surface area contributed by atoms with Crippen molar-refractivity contribution in [1.82, 2.24) is 4.90 Å². The largest absolute Gasteiger partial charge is 0.496 e. The van der Waals surface area contributed by atoms with Gasteiger partial charge in [-0.1, -0.05) is 6.07 Å². The van der Waals surface area contributed by atoms with Crippen LogP contribution in [0.1, 0.15) is 35.2 Å². The maximum Gasteiger partial charge on any atom is 0.254 e. The van der Waals surface area contributed by atoms with Crippen LogP contribution in [-0.4, -0.2) is 44.2 Å². The Labute approximate surface area is 195 Å². The number of piperidine rings is 1. The van der Waals surface area contributed by atoms with E-state index in [4.69, 9.17) is 25.7 Å². The second-order valence-electron chi connectivity index (χ2n) is 7.03. The molecular weight excluding hydrogens is 441 g/mol. The number of rotatable bonds is 7. The summed E-state index contributed by atoms with van der Waals surface area (Å²) in [5, 5.41) is 0. The highest BCUT2D eigenvalue weighted by Crippen LogP contribution is 2.35. The van der Waals surface area contributed by atoms with Gasteiger partial charge in [0.15, 0.2) is 11.5 Å². The van der Waals surface area contributed by atoms with E-state index in [2.05, 4.69) is 0 Å². The first kappa shape index (κ1) is 26.8. The Hall–Kier alpha value is -2.19. The van der Waals surface area contributed by atoms with Gasteiger partial charge in [0.05, 0.1) is 14.2 Å². The number of carbonyl (C=O) groups is 1. The second kappa shape index (κ2) is 12.6. The molecule has 1 amide bonds. The van der Waals surface area contributed by atoms with Crippen molar-refractivity contribution in [2.75, 3.05) is 27.3 Å². The van der Waals surface area contributed by atoms with Crippen LogP contribution in [0.3, 0.4) is 0 Å². The number of benzene rings is 2. The van der Waals surface area contributed by atoms with Crippen LogP contribution in [-0.2, 0) is 6.54 Å². The zero-order chi connectivity index (χ0) is 20.8. The van der Waals surface area contributed by atoms with Crippen molar-refractivity contribution < 1.29 is 19.0 Å². The minimum Gasteiger partial charge on any atom is -0.496 e. The molecule has 1 unspecified atom stereocenters. The molecule has 9 heteroatoms. The van der Waals surface area contributed by atoms with E-state index in [1.165, 1.54) is 0 Å². The van der Waals surface area contributed by atoms with E-state index in [9.17, 15) is 4.79 Å². The maximum atomic E-state index is 13.1. The number of ether oxygens (including phenoxy) is 3. The quantitative estimate of drug-likeness (QED) is 0.637. The fourth-order valence-corrected chi connectivity index (χ4v) is 3.65. The monoisotopic (exact) mass is 471 g/mol. The lowest BCUT2D eigenvalue weighted by atomic mass is 10.0. The van der Waals surface area contributed by atoms with Crippen LogP contribution in [0.5, 0.6) is 23.0 Å². The molecule has 0 bridgehead atoms. The number of nitrogens with two attached hydrogens (primary N) is 2. The van der Waals surface area contributed by atoms with Crippen molar-refractivity contribution >= 4 is 30.7 Å². The standard InChI is InChI=1S/C22H29N3O4.2ClH/c1-27-19-9-7-15(22(26)25-10-4-3-5-17(25)14-24)11-21(19)29-18-8-6-16(13-23)20(12-18)28-2;;/h6-9,11-12,17H,3-5,10,13-14,23-24H2,1-2H3;2*1H. The van der Waals surface area contributed by atoms with Crippen LogP contribution >= 0.6 is 24.8 Å². The molecule has 31 heavy (non-hydrogen) atoms. The zero-order valence-corrected chi connectivity index (χ0v) is 19.5. The molecule has 4 N–H and O–H groups in total. The fourth-order valence-electron chi connectivity index (χ4n) is 3.65. The molecule has 2 aromatic rings. The van der Waals surface area contributed by atoms with Crippen LogP contribution in [0.2, 0.25) is 0 Å². The average Bonchev–Trinajstić information content (AvgIpc) is 2.78. The number of amides is 1. The summed E-state index contributed by atoms with van der Waals surface area (Å²) in [6.07, 6.45) is 3.04. The van der Waals surface area contributed by atoms with E-state index in [1.54, 1.807) is 38.5 Å². The van der Waals surface area contributed by atoms with Crippen molar-refractivity contribution in [2.24, 2.45) is 11.5 Å². The van der Waals surface area contributed by atoms with Gasteiger partial charge in [0.2, 0.25) is 0 Å². The van der Waals surface area contributed by atoms with Gasteiger partial charge in [0.1, 0.15) is 11.5 Å². The van der Waals surface area contributed by atoms with Crippen molar-refractivity contribution in [3.05, 3.63) is 47.5 Å². The topological polar surface area (TPSA) is 100 Å². The number of hydrogen-bond acceptors (Lipinski definition) is 6. The predicted octanol–water partition coefficient (Wildman–Crippen LogP) is 3.75. The van der Waals surface area contributed by atoms with Gasteiger partial charge < -0.3 is 30.6 Å². The zero-order valence-electron chi connectivity index (χ0n) is 17.8. The summed E-state index contributed by atoms with van der Waals surface area (Å²) in [6, 6.07) is 10.7. The predicted molar refractivity (Wildman–Crippen MR) is 126 cm³/mol. The minimum atomic E-state index is -0.0382. The van der Waals surface area contributed by atoms with Gasteiger partial charge in [-0.15, -0.1) is 24.8 Å². The van der Waals surface area contributed by atoms with Gasteiger partial charge in [-0.3, -0.25) is 4.79 Å². The van der Waals surface area contributed by atoms with Crippen LogP contribution in [0.25, 0.3) is 0 Å². The lowest BCUT2D eigenvalue weighted by Gasteiger charge is -2.35. The third-order valence-corrected chi connectivity index (χ3v) is 5.28. The number of hydrogen-bond donors (Lipinski definition) is 2. The number of methoxy groups -OCH3 is 2. The molecule has 1 saturated heterocycles. The molecule has 0 aromatic heterocycles. The molecule has 1 atom stereocenters. The molecule has 172 valence electrons. The van der Waals surface area contributed by atoms with E-state index in [0.717, 1.165) is 31.4 Å². The smallest absolute Gasteiger partial charge is 0.254 e. The first-order chi connectivity index (χ1) is 14.1. The van der Waals surface area contributed by atoms with Crippen LogP contribution in [0.15, 0.2) is 36.4 Å². The molecule has 2 aromatic carbocycles. The van der Waals surface area contributed by atoms with Crippen LogP contribution in [0, 0.1) is 0 Å².